The van der Waals surface area contributed by atoms with Crippen molar-refractivity contribution in [1.82, 2.24) is 4.90 Å². The maximum Gasteiger partial charge on any atom is 0.123 e. The van der Waals surface area contributed by atoms with Gasteiger partial charge in [0.2, 0.25) is 0 Å². The number of rotatable bonds is 3. The van der Waals surface area contributed by atoms with Gasteiger partial charge < -0.3 is 10.5 Å². The number of fused-ring (bicyclic) bond motifs is 1. The lowest BCUT2D eigenvalue weighted by Crippen LogP contribution is -2.34. The molecule has 2 aromatic rings. The molecule has 2 N–H and O–H groups in total. The summed E-state index contributed by atoms with van der Waals surface area (Å²) in [6, 6.07) is 10.7. The minimum atomic E-state index is 0.282. The van der Waals surface area contributed by atoms with Crippen LogP contribution in [0.15, 0.2) is 35.7 Å². The number of aryl methyl sites for hydroxylation is 1. The first-order chi connectivity index (χ1) is 9.79. The molecule has 0 saturated carbocycles. The highest BCUT2D eigenvalue weighted by Gasteiger charge is 2.24. The van der Waals surface area contributed by atoms with Crippen molar-refractivity contribution >= 4 is 11.3 Å². The van der Waals surface area contributed by atoms with E-state index in [0.29, 0.717) is 6.54 Å². The molecule has 3 rings (SSSR count). The molecule has 4 heteroatoms. The van der Waals surface area contributed by atoms with Crippen molar-refractivity contribution in [3.8, 4) is 5.75 Å². The van der Waals surface area contributed by atoms with Crippen LogP contribution in [0.3, 0.4) is 0 Å². The topological polar surface area (TPSA) is 38.5 Å². The lowest BCUT2D eigenvalue weighted by molar-refractivity contribution is 0.174. The van der Waals surface area contributed by atoms with E-state index in [2.05, 4.69) is 35.4 Å². The van der Waals surface area contributed by atoms with E-state index in [1.165, 1.54) is 16.0 Å². The molecule has 1 unspecified atom stereocenters. The van der Waals surface area contributed by atoms with Gasteiger partial charge in [0.15, 0.2) is 0 Å². The summed E-state index contributed by atoms with van der Waals surface area (Å²) in [6.07, 6.45) is 0. The smallest absolute Gasteiger partial charge is 0.123 e. The normalized spacial score (nSPS) is 17.1. The molecule has 0 aliphatic carbocycles. The number of hydrogen-bond acceptors (Lipinski definition) is 4. The van der Waals surface area contributed by atoms with E-state index in [4.69, 9.17) is 10.5 Å². The van der Waals surface area contributed by atoms with Gasteiger partial charge in [0.1, 0.15) is 12.4 Å². The number of nitrogens with zero attached hydrogens (tertiary/aromatic N) is 1. The van der Waals surface area contributed by atoms with Crippen LogP contribution in [0.1, 0.15) is 22.0 Å². The average Bonchev–Trinajstić information content (AvgIpc) is 2.76. The van der Waals surface area contributed by atoms with Gasteiger partial charge in [0, 0.05) is 30.1 Å². The van der Waals surface area contributed by atoms with Crippen molar-refractivity contribution in [2.75, 3.05) is 19.7 Å². The first kappa shape index (κ1) is 13.6. The van der Waals surface area contributed by atoms with Crippen LogP contribution in [0, 0.1) is 6.92 Å². The molecule has 1 aliphatic rings. The maximum atomic E-state index is 6.06. The van der Waals surface area contributed by atoms with Gasteiger partial charge in [-0.3, -0.25) is 4.90 Å². The summed E-state index contributed by atoms with van der Waals surface area (Å²) in [5.41, 5.74) is 8.64. The molecule has 106 valence electrons. The highest BCUT2D eigenvalue weighted by Crippen LogP contribution is 2.32. The predicted molar refractivity (Wildman–Crippen MR) is 83.2 cm³/mol. The third-order valence-electron chi connectivity index (χ3n) is 3.85. The highest BCUT2D eigenvalue weighted by atomic mass is 32.1. The molecule has 0 spiro atoms. The van der Waals surface area contributed by atoms with Gasteiger partial charge in [-0.2, -0.15) is 0 Å². The molecule has 1 aromatic heterocycles. The fourth-order valence-corrected chi connectivity index (χ4v) is 3.83. The van der Waals surface area contributed by atoms with Crippen molar-refractivity contribution < 1.29 is 4.74 Å². The van der Waals surface area contributed by atoms with E-state index in [-0.39, 0.29) is 6.04 Å². The Morgan fingerprint density at radius 1 is 1.35 bits per heavy atom. The fourth-order valence-electron chi connectivity index (χ4n) is 2.76. The van der Waals surface area contributed by atoms with E-state index < -0.39 is 0 Å². The summed E-state index contributed by atoms with van der Waals surface area (Å²) in [6.45, 7) is 5.33. The predicted octanol–water partition coefficient (Wildman–Crippen LogP) is 2.95. The Bertz CT molecular complexity index is 581. The number of hydrogen-bond donors (Lipinski definition) is 1. The van der Waals surface area contributed by atoms with Gasteiger partial charge in [-0.05, 0) is 30.0 Å². The molecule has 3 nitrogen and oxygen atoms in total. The number of benzene rings is 1. The van der Waals surface area contributed by atoms with E-state index in [9.17, 15) is 0 Å². The second-order valence-electron chi connectivity index (χ2n) is 5.15. The Balaban J connectivity index is 1.88. The Morgan fingerprint density at radius 2 is 2.20 bits per heavy atom. The van der Waals surface area contributed by atoms with Crippen LogP contribution in [-0.2, 0) is 6.54 Å². The Hall–Kier alpha value is -1.36. The lowest BCUT2D eigenvalue weighted by atomic mass is 10.1. The standard InChI is InChI=1S/C16H20N2OS/c1-12-6-9-20-16(12)14(10-17)18-7-8-19-15-5-3-2-4-13(15)11-18/h2-6,9,14H,7-8,10-11,17H2,1H3. The number of nitrogens with two attached hydrogens (primary N) is 1. The van der Waals surface area contributed by atoms with Crippen LogP contribution >= 0.6 is 11.3 Å². The average molecular weight is 288 g/mol. The largest absolute Gasteiger partial charge is 0.492 e. The minimum absolute atomic E-state index is 0.282. The summed E-state index contributed by atoms with van der Waals surface area (Å²) in [5, 5.41) is 2.15. The zero-order valence-electron chi connectivity index (χ0n) is 11.7. The second kappa shape index (κ2) is 5.95. The molecule has 20 heavy (non-hydrogen) atoms. The van der Waals surface area contributed by atoms with Crippen molar-refractivity contribution in [1.29, 1.82) is 0 Å². The molecule has 0 radical (unpaired) electrons. The number of thiophene rings is 1. The van der Waals surface area contributed by atoms with Crippen LogP contribution in [0.4, 0.5) is 0 Å². The Labute approximate surface area is 124 Å². The Kier molecular flexibility index (Phi) is 4.05. The van der Waals surface area contributed by atoms with Gasteiger partial charge in [-0.15, -0.1) is 11.3 Å². The molecule has 1 aromatic carbocycles. The summed E-state index contributed by atoms with van der Waals surface area (Å²) in [7, 11) is 0. The summed E-state index contributed by atoms with van der Waals surface area (Å²) in [5.74, 6) is 1.01. The van der Waals surface area contributed by atoms with Crippen LogP contribution in [0.5, 0.6) is 5.75 Å². The summed E-state index contributed by atoms with van der Waals surface area (Å²) >= 11 is 1.80. The lowest BCUT2D eigenvalue weighted by Gasteiger charge is -2.29. The van der Waals surface area contributed by atoms with Gasteiger partial charge in [0.05, 0.1) is 6.04 Å². The molecule has 2 heterocycles. The minimum Gasteiger partial charge on any atom is -0.492 e. The first-order valence-electron chi connectivity index (χ1n) is 6.98. The molecule has 0 bridgehead atoms. The highest BCUT2D eigenvalue weighted by molar-refractivity contribution is 7.10. The quantitative estimate of drug-likeness (QED) is 0.943. The monoisotopic (exact) mass is 288 g/mol. The third kappa shape index (κ3) is 2.59. The van der Waals surface area contributed by atoms with E-state index in [1.54, 1.807) is 11.3 Å². The maximum absolute atomic E-state index is 6.06. The van der Waals surface area contributed by atoms with E-state index in [1.807, 2.05) is 12.1 Å². The zero-order valence-corrected chi connectivity index (χ0v) is 12.5. The molecule has 0 saturated heterocycles. The number of ether oxygens (including phenoxy) is 1. The molecule has 1 atom stereocenters. The van der Waals surface area contributed by atoms with Crippen LogP contribution in [0.25, 0.3) is 0 Å². The van der Waals surface area contributed by atoms with Crippen molar-refractivity contribution in [2.45, 2.75) is 19.5 Å². The van der Waals surface area contributed by atoms with Crippen LogP contribution in [-0.4, -0.2) is 24.6 Å². The van der Waals surface area contributed by atoms with Crippen molar-refractivity contribution in [3.63, 3.8) is 0 Å². The van der Waals surface area contributed by atoms with Crippen LogP contribution in [0.2, 0.25) is 0 Å². The van der Waals surface area contributed by atoms with Crippen molar-refractivity contribution in [2.24, 2.45) is 5.73 Å². The first-order valence-corrected chi connectivity index (χ1v) is 7.86. The number of para-hydroxylation sites is 1. The zero-order chi connectivity index (χ0) is 13.9. The van der Waals surface area contributed by atoms with Gasteiger partial charge in [-0.25, -0.2) is 0 Å². The third-order valence-corrected chi connectivity index (χ3v) is 4.97. The molecule has 0 amide bonds. The summed E-state index contributed by atoms with van der Waals surface area (Å²) in [4.78, 5) is 3.82. The van der Waals surface area contributed by atoms with Crippen LogP contribution < -0.4 is 10.5 Å². The molecule has 1 aliphatic heterocycles. The Morgan fingerprint density at radius 3 is 2.95 bits per heavy atom. The SMILES string of the molecule is Cc1ccsc1C(CN)N1CCOc2ccccc2C1. The molecule has 0 fully saturated rings. The summed E-state index contributed by atoms with van der Waals surface area (Å²) < 4.78 is 5.84. The van der Waals surface area contributed by atoms with Gasteiger partial charge in [0.25, 0.3) is 0 Å². The fraction of sp³-hybridized carbons (Fsp3) is 0.375. The molecular formula is C16H20N2OS. The van der Waals surface area contributed by atoms with Gasteiger partial charge in [-0.1, -0.05) is 18.2 Å². The van der Waals surface area contributed by atoms with Gasteiger partial charge >= 0.3 is 0 Å². The van der Waals surface area contributed by atoms with E-state index in [0.717, 1.165) is 25.4 Å². The van der Waals surface area contributed by atoms with E-state index >= 15 is 0 Å². The second-order valence-corrected chi connectivity index (χ2v) is 6.09. The molecular weight excluding hydrogens is 268 g/mol. The van der Waals surface area contributed by atoms with Crippen molar-refractivity contribution in [3.05, 3.63) is 51.7 Å².